The van der Waals surface area contributed by atoms with Crippen LogP contribution in [-0.4, -0.2) is 34.1 Å². The van der Waals surface area contributed by atoms with E-state index in [2.05, 4.69) is 10.0 Å². The Kier molecular flexibility index (Phi) is 5.88. The highest BCUT2D eigenvalue weighted by Crippen LogP contribution is 2.39. The Bertz CT molecular complexity index is 1040. The fraction of sp³-hybridized carbons (Fsp3) is 0.350. The van der Waals surface area contributed by atoms with Gasteiger partial charge >= 0.3 is 0 Å². The summed E-state index contributed by atoms with van der Waals surface area (Å²) in [6, 6.07) is 7.67. The number of anilines is 2. The standard InChI is InChI=1S/C20H24N2O6S/c1-5-27-20-9-14-8-12(2)28-19(14)11-17(20)22-29(24,25)15-6-7-18(26-4)16(10-15)21-13(3)23/h6-7,9-12,22H,5,8H2,1-4H3,(H,21,23)/t12-/m0/s1. The molecule has 1 aliphatic rings. The summed E-state index contributed by atoms with van der Waals surface area (Å²) in [6.07, 6.45) is 0.759. The first kappa shape index (κ1) is 20.8. The van der Waals surface area contributed by atoms with Crippen molar-refractivity contribution in [2.45, 2.75) is 38.2 Å². The highest BCUT2D eigenvalue weighted by atomic mass is 32.2. The molecule has 1 atom stereocenters. The number of hydrogen-bond donors (Lipinski definition) is 2. The SMILES string of the molecule is CCOc1cc2c(cc1NS(=O)(=O)c1ccc(OC)c(NC(C)=O)c1)O[C@@H](C)C2. The summed E-state index contributed by atoms with van der Waals surface area (Å²) < 4.78 is 45.1. The van der Waals surface area contributed by atoms with Gasteiger partial charge in [-0.2, -0.15) is 0 Å². The number of sulfonamides is 1. The van der Waals surface area contributed by atoms with Crippen molar-refractivity contribution in [2.75, 3.05) is 23.8 Å². The zero-order valence-corrected chi connectivity index (χ0v) is 17.6. The van der Waals surface area contributed by atoms with E-state index in [4.69, 9.17) is 14.2 Å². The molecule has 9 heteroatoms. The molecule has 2 aromatic rings. The molecule has 1 heterocycles. The molecule has 1 amide bonds. The Morgan fingerprint density at radius 1 is 1.21 bits per heavy atom. The van der Waals surface area contributed by atoms with Gasteiger partial charge in [-0.05, 0) is 38.1 Å². The zero-order chi connectivity index (χ0) is 21.2. The number of methoxy groups -OCH3 is 1. The lowest BCUT2D eigenvalue weighted by molar-refractivity contribution is -0.114. The van der Waals surface area contributed by atoms with Crippen molar-refractivity contribution in [1.82, 2.24) is 0 Å². The average Bonchev–Trinajstić information content (AvgIpc) is 3.00. The minimum Gasteiger partial charge on any atom is -0.495 e. The van der Waals surface area contributed by atoms with E-state index in [1.165, 1.54) is 32.2 Å². The third-order valence-electron chi connectivity index (χ3n) is 4.33. The highest BCUT2D eigenvalue weighted by Gasteiger charge is 2.25. The normalized spacial score (nSPS) is 15.2. The summed E-state index contributed by atoms with van der Waals surface area (Å²) in [6.45, 7) is 5.50. The Morgan fingerprint density at radius 2 is 1.97 bits per heavy atom. The molecule has 0 aromatic heterocycles. The smallest absolute Gasteiger partial charge is 0.262 e. The number of fused-ring (bicyclic) bond motifs is 1. The largest absolute Gasteiger partial charge is 0.495 e. The molecule has 0 unspecified atom stereocenters. The highest BCUT2D eigenvalue weighted by molar-refractivity contribution is 7.92. The summed E-state index contributed by atoms with van der Waals surface area (Å²) in [7, 11) is -2.52. The maximum Gasteiger partial charge on any atom is 0.262 e. The molecule has 156 valence electrons. The lowest BCUT2D eigenvalue weighted by Crippen LogP contribution is -2.15. The molecule has 0 bridgehead atoms. The molecule has 1 aliphatic heterocycles. The number of rotatable bonds is 7. The van der Waals surface area contributed by atoms with E-state index in [0.29, 0.717) is 23.9 Å². The van der Waals surface area contributed by atoms with Crippen molar-refractivity contribution >= 4 is 27.3 Å². The van der Waals surface area contributed by atoms with Gasteiger partial charge in [-0.25, -0.2) is 8.42 Å². The van der Waals surface area contributed by atoms with Crippen LogP contribution in [0.1, 0.15) is 26.3 Å². The topological polar surface area (TPSA) is 103 Å². The van der Waals surface area contributed by atoms with Gasteiger partial charge in [0.05, 0.1) is 30.0 Å². The molecule has 29 heavy (non-hydrogen) atoms. The van der Waals surface area contributed by atoms with Crippen LogP contribution in [0.3, 0.4) is 0 Å². The van der Waals surface area contributed by atoms with Crippen molar-refractivity contribution < 1.29 is 27.4 Å². The van der Waals surface area contributed by atoms with Crippen LogP contribution in [0.5, 0.6) is 17.2 Å². The molecule has 0 aliphatic carbocycles. The quantitative estimate of drug-likeness (QED) is 0.713. The predicted octanol–water partition coefficient (Wildman–Crippen LogP) is 3.18. The van der Waals surface area contributed by atoms with Crippen LogP contribution < -0.4 is 24.2 Å². The van der Waals surface area contributed by atoms with Gasteiger partial charge in [0.2, 0.25) is 5.91 Å². The van der Waals surface area contributed by atoms with Crippen molar-refractivity contribution in [1.29, 1.82) is 0 Å². The van der Waals surface area contributed by atoms with Crippen molar-refractivity contribution in [3.63, 3.8) is 0 Å². The first-order chi connectivity index (χ1) is 13.7. The molecule has 8 nitrogen and oxygen atoms in total. The van der Waals surface area contributed by atoms with E-state index < -0.39 is 10.0 Å². The Morgan fingerprint density at radius 3 is 2.62 bits per heavy atom. The van der Waals surface area contributed by atoms with Gasteiger partial charge in [0, 0.05) is 25.0 Å². The summed E-state index contributed by atoms with van der Waals surface area (Å²) in [4.78, 5) is 11.4. The molecular weight excluding hydrogens is 396 g/mol. The summed E-state index contributed by atoms with van der Waals surface area (Å²) in [5, 5.41) is 2.57. The predicted molar refractivity (Wildman–Crippen MR) is 110 cm³/mol. The first-order valence-corrected chi connectivity index (χ1v) is 10.7. The van der Waals surface area contributed by atoms with Crippen LogP contribution in [0.2, 0.25) is 0 Å². The maximum absolute atomic E-state index is 13.0. The van der Waals surface area contributed by atoms with Gasteiger partial charge in [0.25, 0.3) is 10.0 Å². The third kappa shape index (κ3) is 4.56. The zero-order valence-electron chi connectivity index (χ0n) is 16.7. The minimum absolute atomic E-state index is 0.0214. The summed E-state index contributed by atoms with van der Waals surface area (Å²) in [5.74, 6) is 1.08. The Labute approximate surface area is 170 Å². The molecule has 2 aromatic carbocycles. The van der Waals surface area contributed by atoms with Gasteiger partial charge in [-0.1, -0.05) is 0 Å². The monoisotopic (exact) mass is 420 g/mol. The van der Waals surface area contributed by atoms with E-state index >= 15 is 0 Å². The van der Waals surface area contributed by atoms with Crippen LogP contribution in [0, 0.1) is 0 Å². The van der Waals surface area contributed by atoms with Crippen LogP contribution in [-0.2, 0) is 21.2 Å². The average molecular weight is 420 g/mol. The second-order valence-corrected chi connectivity index (χ2v) is 8.35. The lowest BCUT2D eigenvalue weighted by atomic mass is 10.1. The van der Waals surface area contributed by atoms with Crippen molar-refractivity contribution in [3.05, 3.63) is 35.9 Å². The molecule has 0 saturated carbocycles. The fourth-order valence-corrected chi connectivity index (χ4v) is 4.23. The number of carbonyl (C=O) groups excluding carboxylic acids is 1. The van der Waals surface area contributed by atoms with E-state index in [1.807, 2.05) is 13.8 Å². The second kappa shape index (κ2) is 8.20. The molecule has 3 rings (SSSR count). The Balaban J connectivity index is 1.97. The first-order valence-electron chi connectivity index (χ1n) is 9.18. The van der Waals surface area contributed by atoms with Gasteiger partial charge in [0.15, 0.2) is 0 Å². The molecule has 0 saturated heterocycles. The minimum atomic E-state index is -3.96. The molecule has 0 radical (unpaired) electrons. The molecule has 0 fully saturated rings. The van der Waals surface area contributed by atoms with Gasteiger partial charge in [0.1, 0.15) is 23.4 Å². The van der Waals surface area contributed by atoms with E-state index in [9.17, 15) is 13.2 Å². The molecule has 2 N–H and O–H groups in total. The second-order valence-electron chi connectivity index (χ2n) is 6.67. The van der Waals surface area contributed by atoms with Crippen LogP contribution in [0.4, 0.5) is 11.4 Å². The number of benzene rings is 2. The van der Waals surface area contributed by atoms with Crippen LogP contribution in [0.25, 0.3) is 0 Å². The van der Waals surface area contributed by atoms with Gasteiger partial charge in [-0.15, -0.1) is 0 Å². The molecular formula is C20H24N2O6S. The summed E-state index contributed by atoms with van der Waals surface area (Å²) in [5.41, 5.74) is 1.52. The summed E-state index contributed by atoms with van der Waals surface area (Å²) >= 11 is 0. The molecule has 0 spiro atoms. The number of hydrogen-bond acceptors (Lipinski definition) is 6. The Hall–Kier alpha value is -2.94. The van der Waals surface area contributed by atoms with E-state index in [0.717, 1.165) is 12.0 Å². The van der Waals surface area contributed by atoms with Crippen LogP contribution in [0.15, 0.2) is 35.2 Å². The van der Waals surface area contributed by atoms with E-state index in [-0.39, 0.29) is 28.3 Å². The van der Waals surface area contributed by atoms with Crippen molar-refractivity contribution in [2.24, 2.45) is 0 Å². The van der Waals surface area contributed by atoms with Gasteiger partial charge < -0.3 is 19.5 Å². The number of amides is 1. The maximum atomic E-state index is 13.0. The third-order valence-corrected chi connectivity index (χ3v) is 5.70. The number of carbonyl (C=O) groups is 1. The number of ether oxygens (including phenoxy) is 3. The lowest BCUT2D eigenvalue weighted by Gasteiger charge is -2.16. The van der Waals surface area contributed by atoms with Crippen molar-refractivity contribution in [3.8, 4) is 17.2 Å². The number of nitrogens with one attached hydrogen (secondary N) is 2. The fourth-order valence-electron chi connectivity index (χ4n) is 3.14. The van der Waals surface area contributed by atoms with Crippen LogP contribution >= 0.6 is 0 Å². The van der Waals surface area contributed by atoms with E-state index in [1.54, 1.807) is 12.1 Å². The van der Waals surface area contributed by atoms with Gasteiger partial charge in [-0.3, -0.25) is 9.52 Å².